The number of hydrogen-bond acceptors (Lipinski definition) is 6. The smallest absolute Gasteiger partial charge is 0.194 e. The van der Waals surface area contributed by atoms with E-state index in [0.717, 1.165) is 69.8 Å². The minimum atomic E-state index is 0.257. The molecule has 0 saturated carbocycles. The van der Waals surface area contributed by atoms with Crippen molar-refractivity contribution in [2.24, 2.45) is 4.99 Å². The van der Waals surface area contributed by atoms with Crippen molar-refractivity contribution in [2.45, 2.75) is 26.5 Å². The van der Waals surface area contributed by atoms with E-state index in [-0.39, 0.29) is 6.10 Å². The summed E-state index contributed by atoms with van der Waals surface area (Å²) in [6.07, 6.45) is 2.21. The van der Waals surface area contributed by atoms with Crippen molar-refractivity contribution in [3.8, 4) is 0 Å². The summed E-state index contributed by atoms with van der Waals surface area (Å²) in [5.41, 5.74) is 1.13. The summed E-state index contributed by atoms with van der Waals surface area (Å²) in [5.74, 6) is 2.02. The topological polar surface area (TPSA) is 56.2 Å². The van der Waals surface area contributed by atoms with Crippen molar-refractivity contribution in [1.29, 1.82) is 0 Å². The van der Waals surface area contributed by atoms with Crippen LogP contribution >= 0.6 is 11.3 Å². The van der Waals surface area contributed by atoms with E-state index in [1.54, 1.807) is 0 Å². The normalized spacial score (nSPS) is 20.5. The van der Waals surface area contributed by atoms with Gasteiger partial charge < -0.3 is 24.8 Å². The molecular formula is C22H32N6OS. The average molecular weight is 429 g/mol. The first kappa shape index (κ1) is 20.9. The predicted octanol–water partition coefficient (Wildman–Crippen LogP) is 2.66. The van der Waals surface area contributed by atoms with Crippen LogP contribution in [0.3, 0.4) is 0 Å². The summed E-state index contributed by atoms with van der Waals surface area (Å²) in [4.78, 5) is 16.7. The number of pyridine rings is 1. The molecule has 2 fully saturated rings. The van der Waals surface area contributed by atoms with Crippen LogP contribution in [0.15, 0.2) is 40.8 Å². The molecular weight excluding hydrogens is 396 g/mol. The molecule has 1 atom stereocenters. The van der Waals surface area contributed by atoms with E-state index in [2.05, 4.69) is 68.5 Å². The number of rotatable bonds is 5. The molecule has 2 aromatic heterocycles. The molecule has 8 heteroatoms. The number of morpholine rings is 1. The van der Waals surface area contributed by atoms with Crippen molar-refractivity contribution >= 4 is 28.1 Å². The maximum Gasteiger partial charge on any atom is 0.194 e. The Morgan fingerprint density at radius 1 is 1.20 bits per heavy atom. The second-order valence-electron chi connectivity index (χ2n) is 7.75. The highest BCUT2D eigenvalue weighted by Gasteiger charge is 2.20. The third-order valence-corrected chi connectivity index (χ3v) is 6.45. The quantitative estimate of drug-likeness (QED) is 0.584. The summed E-state index contributed by atoms with van der Waals surface area (Å²) >= 11 is 1.81. The van der Waals surface area contributed by atoms with Crippen LogP contribution in [0.4, 0.5) is 10.8 Å². The molecule has 4 rings (SSSR count). The summed E-state index contributed by atoms with van der Waals surface area (Å²) < 4.78 is 5.63. The van der Waals surface area contributed by atoms with Gasteiger partial charge in [-0.3, -0.25) is 0 Å². The number of anilines is 2. The van der Waals surface area contributed by atoms with Gasteiger partial charge in [0.05, 0.1) is 24.3 Å². The van der Waals surface area contributed by atoms with E-state index in [1.807, 2.05) is 17.5 Å². The first-order valence-corrected chi connectivity index (χ1v) is 11.7. The van der Waals surface area contributed by atoms with Gasteiger partial charge in [-0.25, -0.2) is 9.98 Å². The SMILES string of the molecule is CCNC(=NCc1ccc(N2CCOC(C)C2)nc1)N1CCN(c2cccs2)CC1. The van der Waals surface area contributed by atoms with Gasteiger partial charge in [-0.2, -0.15) is 0 Å². The molecule has 0 aliphatic carbocycles. The molecule has 162 valence electrons. The van der Waals surface area contributed by atoms with Gasteiger partial charge in [-0.05, 0) is 43.0 Å². The number of aliphatic imine (C=N–C) groups is 1. The lowest BCUT2D eigenvalue weighted by Crippen LogP contribution is -2.52. The highest BCUT2D eigenvalue weighted by molar-refractivity contribution is 7.14. The van der Waals surface area contributed by atoms with E-state index in [1.165, 1.54) is 5.00 Å². The number of thiophene rings is 1. The average Bonchev–Trinajstić information content (AvgIpc) is 3.32. The number of nitrogens with one attached hydrogen (secondary N) is 1. The van der Waals surface area contributed by atoms with Crippen LogP contribution in [0.2, 0.25) is 0 Å². The largest absolute Gasteiger partial charge is 0.375 e. The fraction of sp³-hybridized carbons (Fsp3) is 0.545. The fourth-order valence-electron chi connectivity index (χ4n) is 3.90. The van der Waals surface area contributed by atoms with E-state index < -0.39 is 0 Å². The van der Waals surface area contributed by atoms with Gasteiger partial charge in [-0.1, -0.05) is 6.07 Å². The van der Waals surface area contributed by atoms with Gasteiger partial charge in [0.2, 0.25) is 0 Å². The zero-order chi connectivity index (χ0) is 20.8. The molecule has 7 nitrogen and oxygen atoms in total. The van der Waals surface area contributed by atoms with Gasteiger partial charge in [0.15, 0.2) is 5.96 Å². The molecule has 2 aliphatic heterocycles. The van der Waals surface area contributed by atoms with Gasteiger partial charge in [0.25, 0.3) is 0 Å². The van der Waals surface area contributed by atoms with E-state index in [9.17, 15) is 0 Å². The highest BCUT2D eigenvalue weighted by Crippen LogP contribution is 2.22. The minimum Gasteiger partial charge on any atom is -0.375 e. The monoisotopic (exact) mass is 428 g/mol. The Morgan fingerprint density at radius 3 is 2.73 bits per heavy atom. The Balaban J connectivity index is 1.34. The third kappa shape index (κ3) is 5.23. The molecule has 0 amide bonds. The Labute approximate surface area is 183 Å². The number of ether oxygens (including phenoxy) is 1. The molecule has 1 N–H and O–H groups in total. The van der Waals surface area contributed by atoms with Crippen molar-refractivity contribution in [3.63, 3.8) is 0 Å². The molecule has 0 bridgehead atoms. The van der Waals surface area contributed by atoms with Crippen LogP contribution in [0.5, 0.6) is 0 Å². The second kappa shape index (κ2) is 10.1. The Hall–Kier alpha value is -2.32. The lowest BCUT2D eigenvalue weighted by molar-refractivity contribution is 0.0529. The van der Waals surface area contributed by atoms with Gasteiger partial charge in [0.1, 0.15) is 5.82 Å². The van der Waals surface area contributed by atoms with Crippen molar-refractivity contribution in [1.82, 2.24) is 15.2 Å². The molecule has 0 radical (unpaired) electrons. The Bertz CT molecular complexity index is 802. The van der Waals surface area contributed by atoms with Crippen LogP contribution < -0.4 is 15.1 Å². The fourth-order valence-corrected chi connectivity index (χ4v) is 4.69. The molecule has 2 aliphatic rings. The van der Waals surface area contributed by atoms with Crippen molar-refractivity contribution < 1.29 is 4.74 Å². The zero-order valence-electron chi connectivity index (χ0n) is 18.0. The summed E-state index contributed by atoms with van der Waals surface area (Å²) in [6.45, 7) is 12.3. The first-order valence-electron chi connectivity index (χ1n) is 10.9. The summed E-state index contributed by atoms with van der Waals surface area (Å²) in [5, 5.41) is 6.96. The van der Waals surface area contributed by atoms with E-state index in [0.29, 0.717) is 6.54 Å². The molecule has 4 heterocycles. The zero-order valence-corrected chi connectivity index (χ0v) is 18.8. The number of aromatic nitrogens is 1. The predicted molar refractivity (Wildman–Crippen MR) is 125 cm³/mol. The Morgan fingerprint density at radius 2 is 2.07 bits per heavy atom. The Kier molecular flexibility index (Phi) is 7.07. The number of nitrogens with zero attached hydrogens (tertiary/aromatic N) is 5. The second-order valence-corrected chi connectivity index (χ2v) is 8.67. The first-order chi connectivity index (χ1) is 14.7. The van der Waals surface area contributed by atoms with Crippen LogP contribution in [0, 0.1) is 0 Å². The highest BCUT2D eigenvalue weighted by atomic mass is 32.1. The van der Waals surface area contributed by atoms with Gasteiger partial charge >= 0.3 is 0 Å². The lowest BCUT2D eigenvalue weighted by atomic mass is 10.2. The molecule has 0 aromatic carbocycles. The van der Waals surface area contributed by atoms with Crippen molar-refractivity contribution in [3.05, 3.63) is 41.4 Å². The number of piperazine rings is 1. The van der Waals surface area contributed by atoms with E-state index >= 15 is 0 Å². The maximum atomic E-state index is 5.63. The summed E-state index contributed by atoms with van der Waals surface area (Å²) in [6, 6.07) is 8.57. The molecule has 30 heavy (non-hydrogen) atoms. The lowest BCUT2D eigenvalue weighted by Gasteiger charge is -2.37. The number of hydrogen-bond donors (Lipinski definition) is 1. The number of guanidine groups is 1. The molecule has 1 unspecified atom stereocenters. The van der Waals surface area contributed by atoms with Gasteiger partial charge in [-0.15, -0.1) is 11.3 Å². The molecule has 2 aromatic rings. The standard InChI is InChI=1S/C22H32N6OS/c1-3-23-22(27-10-8-26(9-11-27)21-5-4-14-30-21)25-16-19-6-7-20(24-15-19)28-12-13-29-18(2)17-28/h4-7,14-15,18H,3,8-13,16-17H2,1-2H3,(H,23,25). The summed E-state index contributed by atoms with van der Waals surface area (Å²) in [7, 11) is 0. The minimum absolute atomic E-state index is 0.257. The van der Waals surface area contributed by atoms with Crippen LogP contribution in [-0.2, 0) is 11.3 Å². The third-order valence-electron chi connectivity index (χ3n) is 5.52. The van der Waals surface area contributed by atoms with Crippen LogP contribution in [0.1, 0.15) is 19.4 Å². The van der Waals surface area contributed by atoms with Crippen molar-refractivity contribution in [2.75, 3.05) is 62.2 Å². The van der Waals surface area contributed by atoms with E-state index in [4.69, 9.17) is 9.73 Å². The van der Waals surface area contributed by atoms with Crippen LogP contribution in [0.25, 0.3) is 0 Å². The maximum absolute atomic E-state index is 5.63. The van der Waals surface area contributed by atoms with Gasteiger partial charge in [0, 0.05) is 52.0 Å². The van der Waals surface area contributed by atoms with Crippen LogP contribution in [-0.4, -0.2) is 74.4 Å². The molecule has 0 spiro atoms. The molecule has 2 saturated heterocycles.